The first kappa shape index (κ1) is 17.6. The molecule has 0 unspecified atom stereocenters. The summed E-state index contributed by atoms with van der Waals surface area (Å²) in [5, 5.41) is 7.97. The second kappa shape index (κ2) is 7.79. The van der Waals surface area contributed by atoms with Gasteiger partial charge in [-0.25, -0.2) is 0 Å². The summed E-state index contributed by atoms with van der Waals surface area (Å²) in [5.74, 6) is 0. The third-order valence-electron chi connectivity index (χ3n) is 3.34. The van der Waals surface area contributed by atoms with Crippen LogP contribution < -0.4 is 10.6 Å². The average molecular weight is 487 g/mol. The fourth-order valence-electron chi connectivity index (χ4n) is 2.15. The zero-order valence-electron chi connectivity index (χ0n) is 12.3. The third-order valence-corrected chi connectivity index (χ3v) is 5.31. The van der Waals surface area contributed by atoms with Crippen LogP contribution in [-0.2, 0) is 0 Å². The summed E-state index contributed by atoms with van der Waals surface area (Å²) in [6.45, 7) is 0. The van der Waals surface area contributed by atoms with E-state index in [9.17, 15) is 0 Å². The lowest BCUT2D eigenvalue weighted by atomic mass is 10.2. The first-order valence-corrected chi connectivity index (χ1v) is 9.41. The zero-order chi connectivity index (χ0) is 17.1. The second-order valence-electron chi connectivity index (χ2n) is 5.02. The number of hydrogen-bond acceptors (Lipinski definition) is 2. The summed E-state index contributed by atoms with van der Waals surface area (Å²) >= 11 is 19.6. The van der Waals surface area contributed by atoms with E-state index >= 15 is 0 Å². The van der Waals surface area contributed by atoms with Gasteiger partial charge in [0.2, 0.25) is 0 Å². The fourth-order valence-corrected chi connectivity index (χ4v) is 3.40. The second-order valence-corrected chi connectivity index (χ2v) is 7.54. The molecule has 0 aliphatic carbocycles. The molecule has 2 N–H and O–H groups in total. The Morgan fingerprint density at radius 2 is 0.958 bits per heavy atom. The molecular weight excluding hydrogens is 475 g/mol. The zero-order valence-corrected chi connectivity index (χ0v) is 17.0. The number of nitrogens with one attached hydrogen (secondary N) is 2. The van der Waals surface area contributed by atoms with Crippen molar-refractivity contribution in [3.8, 4) is 0 Å². The Bertz CT molecular complexity index is 811. The molecule has 0 saturated carbocycles. The van der Waals surface area contributed by atoms with Crippen LogP contribution in [-0.4, -0.2) is 0 Å². The largest absolute Gasteiger partial charge is 0.353 e. The first-order valence-electron chi connectivity index (χ1n) is 7.07. The van der Waals surface area contributed by atoms with Crippen LogP contribution in [0.2, 0.25) is 10.0 Å². The summed E-state index contributed by atoms with van der Waals surface area (Å²) < 4.78 is 1.81. The van der Waals surface area contributed by atoms with Crippen molar-refractivity contribution >= 4 is 77.8 Å². The molecule has 0 saturated heterocycles. The van der Waals surface area contributed by atoms with Crippen LogP contribution in [0, 0.1) is 0 Å². The highest BCUT2D eigenvalue weighted by Gasteiger charge is 2.10. The molecule has 3 aromatic carbocycles. The molecule has 0 heterocycles. The lowest BCUT2D eigenvalue weighted by Crippen LogP contribution is -1.96. The summed E-state index contributed by atoms with van der Waals surface area (Å²) in [6, 6.07) is 19.2. The van der Waals surface area contributed by atoms with E-state index in [1.54, 1.807) is 0 Å². The lowest BCUT2D eigenvalue weighted by Gasteiger charge is -2.15. The van der Waals surface area contributed by atoms with Crippen LogP contribution in [0.25, 0.3) is 0 Å². The van der Waals surface area contributed by atoms with E-state index < -0.39 is 0 Å². The van der Waals surface area contributed by atoms with Crippen molar-refractivity contribution in [1.29, 1.82) is 0 Å². The maximum absolute atomic E-state index is 6.21. The summed E-state index contributed by atoms with van der Waals surface area (Å²) in [7, 11) is 0. The quantitative estimate of drug-likeness (QED) is 0.390. The molecule has 24 heavy (non-hydrogen) atoms. The van der Waals surface area contributed by atoms with Crippen molar-refractivity contribution in [3.63, 3.8) is 0 Å². The Morgan fingerprint density at radius 1 is 0.583 bits per heavy atom. The van der Waals surface area contributed by atoms with E-state index in [-0.39, 0.29) is 0 Å². The maximum Gasteiger partial charge on any atom is 0.0640 e. The number of benzene rings is 3. The normalized spacial score (nSPS) is 10.5. The SMILES string of the molecule is Clc1ccccc1Nc1cc(Br)c(Nc2ccccc2Cl)cc1Br. The summed E-state index contributed by atoms with van der Waals surface area (Å²) in [4.78, 5) is 0. The topological polar surface area (TPSA) is 24.1 Å². The van der Waals surface area contributed by atoms with E-state index in [1.807, 2.05) is 60.7 Å². The predicted molar refractivity (Wildman–Crippen MR) is 111 cm³/mol. The maximum atomic E-state index is 6.21. The molecule has 122 valence electrons. The first-order chi connectivity index (χ1) is 11.5. The van der Waals surface area contributed by atoms with Gasteiger partial charge in [-0.05, 0) is 68.3 Å². The van der Waals surface area contributed by atoms with Gasteiger partial charge in [0.15, 0.2) is 0 Å². The van der Waals surface area contributed by atoms with Crippen molar-refractivity contribution in [2.75, 3.05) is 10.6 Å². The molecule has 0 aromatic heterocycles. The summed E-state index contributed by atoms with van der Waals surface area (Å²) in [6.07, 6.45) is 0. The monoisotopic (exact) mass is 484 g/mol. The number of halogens is 4. The molecule has 0 atom stereocenters. The van der Waals surface area contributed by atoms with E-state index in [1.165, 1.54) is 0 Å². The highest BCUT2D eigenvalue weighted by molar-refractivity contribution is 9.11. The van der Waals surface area contributed by atoms with Gasteiger partial charge in [0, 0.05) is 8.95 Å². The van der Waals surface area contributed by atoms with Crippen LogP contribution in [0.3, 0.4) is 0 Å². The van der Waals surface area contributed by atoms with E-state index in [4.69, 9.17) is 23.2 Å². The predicted octanol–water partition coefficient (Wildman–Crippen LogP) is 8.01. The third kappa shape index (κ3) is 4.06. The molecular formula is C18H12Br2Cl2N2. The van der Waals surface area contributed by atoms with Crippen molar-refractivity contribution in [2.24, 2.45) is 0 Å². The van der Waals surface area contributed by atoms with Gasteiger partial charge in [0.05, 0.1) is 32.8 Å². The van der Waals surface area contributed by atoms with Gasteiger partial charge in [-0.3, -0.25) is 0 Å². The molecule has 0 fully saturated rings. The van der Waals surface area contributed by atoms with Crippen LogP contribution in [0.1, 0.15) is 0 Å². The van der Waals surface area contributed by atoms with Crippen molar-refractivity contribution in [3.05, 3.63) is 79.7 Å². The van der Waals surface area contributed by atoms with Crippen LogP contribution in [0.4, 0.5) is 22.7 Å². The Labute approximate surface area is 167 Å². The minimum absolute atomic E-state index is 0.666. The van der Waals surface area contributed by atoms with Crippen LogP contribution in [0.5, 0.6) is 0 Å². The number of rotatable bonds is 4. The Hall–Kier alpha value is -1.20. The van der Waals surface area contributed by atoms with Crippen molar-refractivity contribution in [2.45, 2.75) is 0 Å². The Morgan fingerprint density at radius 3 is 1.33 bits per heavy atom. The van der Waals surface area contributed by atoms with Gasteiger partial charge in [0.1, 0.15) is 0 Å². The Kier molecular flexibility index (Phi) is 5.72. The van der Waals surface area contributed by atoms with Crippen molar-refractivity contribution < 1.29 is 0 Å². The van der Waals surface area contributed by atoms with E-state index in [0.29, 0.717) is 10.0 Å². The van der Waals surface area contributed by atoms with E-state index in [0.717, 1.165) is 31.7 Å². The number of hydrogen-bond donors (Lipinski definition) is 2. The lowest BCUT2D eigenvalue weighted by molar-refractivity contribution is 1.47. The molecule has 0 radical (unpaired) electrons. The van der Waals surface area contributed by atoms with Gasteiger partial charge in [0.25, 0.3) is 0 Å². The molecule has 0 spiro atoms. The molecule has 0 aliphatic rings. The van der Waals surface area contributed by atoms with Gasteiger partial charge in [-0.15, -0.1) is 0 Å². The highest BCUT2D eigenvalue weighted by Crippen LogP contribution is 2.38. The number of para-hydroxylation sites is 2. The summed E-state index contributed by atoms with van der Waals surface area (Å²) in [5.41, 5.74) is 3.50. The van der Waals surface area contributed by atoms with E-state index in [2.05, 4.69) is 42.5 Å². The number of anilines is 4. The van der Waals surface area contributed by atoms with Crippen molar-refractivity contribution in [1.82, 2.24) is 0 Å². The van der Waals surface area contributed by atoms with Crippen LogP contribution in [0.15, 0.2) is 69.6 Å². The molecule has 0 amide bonds. The molecule has 0 aliphatic heterocycles. The molecule has 6 heteroatoms. The Balaban J connectivity index is 1.89. The standard InChI is InChI=1S/C18H12Br2Cl2N2/c19-11-10-18(24-16-8-4-2-6-14(16)22)12(20)9-17(11)23-15-7-3-1-5-13(15)21/h1-10,23-24H. The fraction of sp³-hybridized carbons (Fsp3) is 0. The van der Waals surface area contributed by atoms with Gasteiger partial charge >= 0.3 is 0 Å². The van der Waals surface area contributed by atoms with Gasteiger partial charge in [-0.1, -0.05) is 47.5 Å². The molecule has 3 rings (SSSR count). The van der Waals surface area contributed by atoms with Gasteiger partial charge in [-0.2, -0.15) is 0 Å². The van der Waals surface area contributed by atoms with Gasteiger partial charge < -0.3 is 10.6 Å². The average Bonchev–Trinajstić information content (AvgIpc) is 2.56. The smallest absolute Gasteiger partial charge is 0.0640 e. The molecule has 3 aromatic rings. The highest BCUT2D eigenvalue weighted by atomic mass is 79.9. The minimum Gasteiger partial charge on any atom is -0.353 e. The van der Waals surface area contributed by atoms with Crippen LogP contribution >= 0.6 is 55.1 Å². The molecule has 0 bridgehead atoms. The minimum atomic E-state index is 0.666. The molecule has 2 nitrogen and oxygen atoms in total.